The Hall–Kier alpha value is -0.120. The Morgan fingerprint density at radius 1 is 1.00 bits per heavy atom. The van der Waals surface area contributed by atoms with Crippen molar-refractivity contribution in [3.8, 4) is 0 Å². The van der Waals surface area contributed by atoms with E-state index in [1.54, 1.807) is 0 Å². The van der Waals surface area contributed by atoms with Crippen LogP contribution in [0.25, 0.3) is 0 Å². The predicted molar refractivity (Wildman–Crippen MR) is 40.0 cm³/mol. The van der Waals surface area contributed by atoms with Gasteiger partial charge in [0.25, 0.3) is 0 Å². The third-order valence-corrected chi connectivity index (χ3v) is 3.45. The summed E-state index contributed by atoms with van der Waals surface area (Å²) in [5, 5.41) is 0. The molecular formula is C7H15N3. The molecule has 1 atom stereocenters. The van der Waals surface area contributed by atoms with Gasteiger partial charge in [0.1, 0.15) is 0 Å². The lowest BCUT2D eigenvalue weighted by atomic mass is 9.62. The number of hydrogen-bond donors (Lipinski definition) is 3. The van der Waals surface area contributed by atoms with Crippen LogP contribution in [0.1, 0.15) is 25.7 Å². The normalized spacial score (nSPS) is 42.0. The Kier molecular flexibility index (Phi) is 1.02. The van der Waals surface area contributed by atoms with Crippen LogP contribution in [0.4, 0.5) is 0 Å². The van der Waals surface area contributed by atoms with Crippen LogP contribution in [0, 0.1) is 5.41 Å². The van der Waals surface area contributed by atoms with Crippen LogP contribution >= 0.6 is 0 Å². The third kappa shape index (κ3) is 0.516. The molecule has 2 rings (SSSR count). The zero-order valence-electron chi connectivity index (χ0n) is 6.14. The lowest BCUT2D eigenvalue weighted by Crippen LogP contribution is -2.70. The molecule has 0 aliphatic heterocycles. The van der Waals surface area contributed by atoms with Crippen LogP contribution in [-0.4, -0.2) is 11.7 Å². The van der Waals surface area contributed by atoms with Gasteiger partial charge in [-0.15, -0.1) is 0 Å². The van der Waals surface area contributed by atoms with Crippen LogP contribution in [0.2, 0.25) is 0 Å². The molecule has 0 aromatic rings. The van der Waals surface area contributed by atoms with Gasteiger partial charge in [-0.2, -0.15) is 0 Å². The third-order valence-electron chi connectivity index (χ3n) is 3.45. The second-order valence-electron chi connectivity index (χ2n) is 3.85. The average Bonchev–Trinajstić information content (AvgIpc) is 2.63. The van der Waals surface area contributed by atoms with Crippen molar-refractivity contribution in [3.05, 3.63) is 0 Å². The zero-order chi connectivity index (χ0) is 7.41. The van der Waals surface area contributed by atoms with Gasteiger partial charge in [-0.1, -0.05) is 0 Å². The number of rotatable bonds is 1. The van der Waals surface area contributed by atoms with Gasteiger partial charge in [0.2, 0.25) is 0 Å². The van der Waals surface area contributed by atoms with E-state index >= 15 is 0 Å². The molecule has 10 heavy (non-hydrogen) atoms. The zero-order valence-corrected chi connectivity index (χ0v) is 6.14. The molecule has 2 aliphatic rings. The number of hydrogen-bond acceptors (Lipinski definition) is 3. The first-order valence-corrected chi connectivity index (χ1v) is 3.91. The molecule has 1 unspecified atom stereocenters. The highest BCUT2D eigenvalue weighted by Gasteiger charge is 2.65. The summed E-state index contributed by atoms with van der Waals surface area (Å²) in [6, 6.07) is 0. The topological polar surface area (TPSA) is 78.1 Å². The minimum Gasteiger partial charge on any atom is -0.322 e. The Morgan fingerprint density at radius 2 is 1.50 bits per heavy atom. The van der Waals surface area contributed by atoms with Gasteiger partial charge >= 0.3 is 0 Å². The van der Waals surface area contributed by atoms with Gasteiger partial charge in [0.15, 0.2) is 0 Å². The van der Waals surface area contributed by atoms with Crippen LogP contribution in [0.3, 0.4) is 0 Å². The highest BCUT2D eigenvalue weighted by Crippen LogP contribution is 2.65. The van der Waals surface area contributed by atoms with E-state index < -0.39 is 0 Å². The molecule has 1 spiro atoms. The summed E-state index contributed by atoms with van der Waals surface area (Å²) in [5.74, 6) is 0. The standard InChI is InChI=1S/C7H15N3/c8-5(9)7(10)4-3-6(7)1-2-6/h5H,1-4,8-10H2. The molecule has 0 aromatic heterocycles. The van der Waals surface area contributed by atoms with Gasteiger partial charge in [-0.3, -0.25) is 0 Å². The maximum absolute atomic E-state index is 6.04. The first kappa shape index (κ1) is 6.58. The molecule has 0 radical (unpaired) electrons. The van der Waals surface area contributed by atoms with Crippen molar-refractivity contribution in [2.24, 2.45) is 22.6 Å². The highest BCUT2D eigenvalue weighted by molar-refractivity contribution is 5.21. The van der Waals surface area contributed by atoms with Gasteiger partial charge in [-0.25, -0.2) is 0 Å². The van der Waals surface area contributed by atoms with Crippen molar-refractivity contribution in [3.63, 3.8) is 0 Å². The molecule has 0 aromatic carbocycles. The molecule has 3 nitrogen and oxygen atoms in total. The summed E-state index contributed by atoms with van der Waals surface area (Å²) >= 11 is 0. The maximum Gasteiger partial charge on any atom is 0.0712 e. The second-order valence-corrected chi connectivity index (χ2v) is 3.85. The molecule has 2 fully saturated rings. The van der Waals surface area contributed by atoms with E-state index in [9.17, 15) is 0 Å². The van der Waals surface area contributed by atoms with Gasteiger partial charge in [-0.05, 0) is 31.1 Å². The monoisotopic (exact) mass is 141 g/mol. The van der Waals surface area contributed by atoms with E-state index in [-0.39, 0.29) is 11.7 Å². The minimum absolute atomic E-state index is 0.215. The largest absolute Gasteiger partial charge is 0.322 e. The molecule has 2 aliphatic carbocycles. The van der Waals surface area contributed by atoms with E-state index in [2.05, 4.69) is 0 Å². The first-order valence-electron chi connectivity index (χ1n) is 3.91. The van der Waals surface area contributed by atoms with Gasteiger partial charge in [0, 0.05) is 5.54 Å². The Labute approximate surface area is 60.9 Å². The fraction of sp³-hybridized carbons (Fsp3) is 1.00. The fourth-order valence-corrected chi connectivity index (χ4v) is 2.15. The molecule has 0 heterocycles. The highest BCUT2D eigenvalue weighted by atomic mass is 15.0. The average molecular weight is 141 g/mol. The smallest absolute Gasteiger partial charge is 0.0712 e. The Balaban J connectivity index is 2.15. The fourth-order valence-electron chi connectivity index (χ4n) is 2.15. The first-order chi connectivity index (χ1) is 4.61. The second kappa shape index (κ2) is 1.55. The lowest BCUT2D eigenvalue weighted by Gasteiger charge is -2.50. The molecule has 0 amide bonds. The Morgan fingerprint density at radius 3 is 1.60 bits per heavy atom. The lowest BCUT2D eigenvalue weighted by molar-refractivity contribution is 0.0749. The molecule has 0 saturated heterocycles. The molecule has 3 heteroatoms. The summed E-state index contributed by atoms with van der Waals surface area (Å²) in [6.45, 7) is 0. The Bertz CT molecular complexity index is 162. The molecule has 6 N–H and O–H groups in total. The molecular weight excluding hydrogens is 126 g/mol. The number of nitrogens with two attached hydrogens (primary N) is 3. The van der Waals surface area contributed by atoms with E-state index in [1.807, 2.05) is 0 Å². The van der Waals surface area contributed by atoms with Crippen LogP contribution < -0.4 is 17.2 Å². The minimum atomic E-state index is -0.316. The summed E-state index contributed by atoms with van der Waals surface area (Å²) in [5.41, 5.74) is 17.4. The van der Waals surface area contributed by atoms with Crippen molar-refractivity contribution < 1.29 is 0 Å². The maximum atomic E-state index is 6.04. The van der Waals surface area contributed by atoms with Crippen molar-refractivity contribution in [1.29, 1.82) is 0 Å². The van der Waals surface area contributed by atoms with Gasteiger partial charge < -0.3 is 17.2 Å². The summed E-state index contributed by atoms with van der Waals surface area (Å²) in [6.07, 6.45) is 4.44. The summed E-state index contributed by atoms with van der Waals surface area (Å²) < 4.78 is 0. The van der Waals surface area contributed by atoms with Crippen LogP contribution in [0.15, 0.2) is 0 Å². The van der Waals surface area contributed by atoms with Gasteiger partial charge in [0.05, 0.1) is 6.17 Å². The van der Waals surface area contributed by atoms with Crippen molar-refractivity contribution in [2.45, 2.75) is 37.4 Å². The quantitative estimate of drug-likeness (QED) is 0.431. The van der Waals surface area contributed by atoms with Crippen LogP contribution in [-0.2, 0) is 0 Å². The predicted octanol–water partition coefficient (Wildman–Crippen LogP) is -0.499. The SMILES string of the molecule is NC(N)C1(N)CCC12CC2. The molecule has 2 saturated carbocycles. The molecule has 0 bridgehead atoms. The van der Waals surface area contributed by atoms with E-state index in [1.165, 1.54) is 19.3 Å². The van der Waals surface area contributed by atoms with Crippen LogP contribution in [0.5, 0.6) is 0 Å². The van der Waals surface area contributed by atoms with Crippen molar-refractivity contribution in [2.75, 3.05) is 0 Å². The van der Waals surface area contributed by atoms with Crippen molar-refractivity contribution in [1.82, 2.24) is 0 Å². The summed E-state index contributed by atoms with van der Waals surface area (Å²) in [7, 11) is 0. The summed E-state index contributed by atoms with van der Waals surface area (Å²) in [4.78, 5) is 0. The van der Waals surface area contributed by atoms with Crippen molar-refractivity contribution >= 4 is 0 Å². The van der Waals surface area contributed by atoms with E-state index in [0.717, 1.165) is 6.42 Å². The molecule has 58 valence electrons. The van der Waals surface area contributed by atoms with E-state index in [0.29, 0.717) is 5.41 Å². The van der Waals surface area contributed by atoms with E-state index in [4.69, 9.17) is 17.2 Å².